The minimum Gasteiger partial charge on any atom is -0.315 e. The Hall–Kier alpha value is -2.18. The summed E-state index contributed by atoms with van der Waals surface area (Å²) in [5.41, 5.74) is -0.217. The van der Waals surface area contributed by atoms with Gasteiger partial charge < -0.3 is 5.32 Å². The smallest absolute Gasteiger partial charge is 0.292 e. The van der Waals surface area contributed by atoms with E-state index in [0.717, 1.165) is 0 Å². The molecule has 0 aliphatic rings. The first kappa shape index (κ1) is 14.2. The average Bonchev–Trinajstić information content (AvgIpc) is 2.38. The highest BCUT2D eigenvalue weighted by Crippen LogP contribution is 2.28. The number of nitro groups is 1. The summed E-state index contributed by atoms with van der Waals surface area (Å²) in [5, 5.41) is 13.7. The monoisotopic (exact) mass is 311 g/mol. The molecule has 0 unspecified atom stereocenters. The normalized spacial score (nSPS) is 10.1. The van der Waals surface area contributed by atoms with E-state index in [9.17, 15) is 14.9 Å². The molecule has 1 aromatic carbocycles. The van der Waals surface area contributed by atoms with E-state index in [2.05, 4.69) is 10.3 Å². The molecule has 0 aliphatic carbocycles. The summed E-state index contributed by atoms with van der Waals surface area (Å²) >= 11 is 11.4. The molecule has 20 heavy (non-hydrogen) atoms. The summed E-state index contributed by atoms with van der Waals surface area (Å²) in [7, 11) is 0. The fourth-order valence-corrected chi connectivity index (χ4v) is 1.82. The predicted octanol–water partition coefficient (Wildman–Crippen LogP) is 3.55. The molecule has 102 valence electrons. The lowest BCUT2D eigenvalue weighted by Gasteiger charge is -2.06. The molecule has 0 radical (unpaired) electrons. The zero-order valence-corrected chi connectivity index (χ0v) is 11.4. The van der Waals surface area contributed by atoms with Gasteiger partial charge >= 0.3 is 0 Å². The van der Waals surface area contributed by atoms with Gasteiger partial charge in [-0.3, -0.25) is 14.9 Å². The van der Waals surface area contributed by atoms with Gasteiger partial charge in [0.05, 0.1) is 4.92 Å². The van der Waals surface area contributed by atoms with Crippen LogP contribution in [0.25, 0.3) is 0 Å². The van der Waals surface area contributed by atoms with Crippen molar-refractivity contribution in [1.29, 1.82) is 0 Å². The standard InChI is InChI=1S/C12H7Cl2N3O3/c13-7-4-5-10(17(19)20)9(6-7)16-12(18)8-2-1-3-11(14)15-8/h1-6H,(H,16,18). The van der Waals surface area contributed by atoms with Gasteiger partial charge in [-0.05, 0) is 24.3 Å². The molecule has 0 atom stereocenters. The molecule has 0 bridgehead atoms. The number of hydrogen-bond donors (Lipinski definition) is 1. The molecule has 1 amide bonds. The molecule has 0 spiro atoms. The number of carbonyl (C=O) groups is 1. The van der Waals surface area contributed by atoms with Gasteiger partial charge in [0.2, 0.25) is 0 Å². The van der Waals surface area contributed by atoms with Crippen LogP contribution in [0.4, 0.5) is 11.4 Å². The number of pyridine rings is 1. The molecule has 0 saturated heterocycles. The number of nitro benzene ring substituents is 1. The van der Waals surface area contributed by atoms with Crippen LogP contribution >= 0.6 is 23.2 Å². The van der Waals surface area contributed by atoms with Gasteiger partial charge in [-0.25, -0.2) is 4.98 Å². The number of nitrogens with zero attached hydrogens (tertiary/aromatic N) is 2. The number of amides is 1. The van der Waals surface area contributed by atoms with Crippen molar-refractivity contribution in [3.8, 4) is 0 Å². The van der Waals surface area contributed by atoms with E-state index < -0.39 is 10.8 Å². The third kappa shape index (κ3) is 3.23. The van der Waals surface area contributed by atoms with Gasteiger partial charge in [0, 0.05) is 11.1 Å². The first-order chi connectivity index (χ1) is 9.47. The van der Waals surface area contributed by atoms with E-state index in [-0.39, 0.29) is 27.2 Å². The number of halogens is 2. The Morgan fingerprint density at radius 1 is 1.25 bits per heavy atom. The summed E-state index contributed by atoms with van der Waals surface area (Å²) in [5.74, 6) is -0.613. The summed E-state index contributed by atoms with van der Waals surface area (Å²) < 4.78 is 0. The zero-order valence-electron chi connectivity index (χ0n) is 9.84. The first-order valence-electron chi connectivity index (χ1n) is 5.35. The lowest BCUT2D eigenvalue weighted by Crippen LogP contribution is -2.14. The van der Waals surface area contributed by atoms with Crippen LogP contribution in [0.1, 0.15) is 10.5 Å². The highest BCUT2D eigenvalue weighted by molar-refractivity contribution is 6.31. The predicted molar refractivity (Wildman–Crippen MR) is 75.3 cm³/mol. The Morgan fingerprint density at radius 3 is 2.65 bits per heavy atom. The quantitative estimate of drug-likeness (QED) is 0.533. The molecule has 1 aromatic heterocycles. The third-order valence-corrected chi connectivity index (χ3v) is 2.80. The molecule has 8 heteroatoms. The van der Waals surface area contributed by atoms with Crippen molar-refractivity contribution in [3.63, 3.8) is 0 Å². The summed E-state index contributed by atoms with van der Waals surface area (Å²) in [6.07, 6.45) is 0. The molecule has 2 rings (SSSR count). The van der Waals surface area contributed by atoms with Crippen molar-refractivity contribution >= 4 is 40.5 Å². The maximum Gasteiger partial charge on any atom is 0.292 e. The molecular formula is C12H7Cl2N3O3. The molecule has 1 N–H and O–H groups in total. The van der Waals surface area contributed by atoms with Crippen molar-refractivity contribution < 1.29 is 9.72 Å². The van der Waals surface area contributed by atoms with Gasteiger partial charge in [0.25, 0.3) is 11.6 Å². The number of nitrogens with one attached hydrogen (secondary N) is 1. The van der Waals surface area contributed by atoms with Crippen molar-refractivity contribution in [1.82, 2.24) is 4.98 Å². The Kier molecular flexibility index (Phi) is 4.16. The lowest BCUT2D eigenvalue weighted by atomic mass is 10.2. The van der Waals surface area contributed by atoms with Crippen LogP contribution in [0.2, 0.25) is 10.2 Å². The highest BCUT2D eigenvalue weighted by atomic mass is 35.5. The second kappa shape index (κ2) is 5.85. The number of anilines is 1. The summed E-state index contributed by atoms with van der Waals surface area (Å²) in [6.45, 7) is 0. The van der Waals surface area contributed by atoms with Crippen molar-refractivity contribution in [2.24, 2.45) is 0 Å². The molecular weight excluding hydrogens is 305 g/mol. The van der Waals surface area contributed by atoms with Gasteiger partial charge in [-0.2, -0.15) is 0 Å². The Balaban J connectivity index is 2.32. The first-order valence-corrected chi connectivity index (χ1v) is 6.11. The fourth-order valence-electron chi connectivity index (χ4n) is 1.49. The summed E-state index contributed by atoms with van der Waals surface area (Å²) in [6, 6.07) is 8.38. The zero-order chi connectivity index (χ0) is 14.7. The average molecular weight is 312 g/mol. The van der Waals surface area contributed by atoms with Crippen molar-refractivity contribution in [3.05, 3.63) is 62.4 Å². The van der Waals surface area contributed by atoms with Crippen LogP contribution in [0.3, 0.4) is 0 Å². The molecule has 2 aromatic rings. The number of aromatic nitrogens is 1. The Labute approximate surface area is 123 Å². The number of rotatable bonds is 3. The molecule has 6 nitrogen and oxygen atoms in total. The van der Waals surface area contributed by atoms with Crippen molar-refractivity contribution in [2.45, 2.75) is 0 Å². The molecule has 0 aliphatic heterocycles. The topological polar surface area (TPSA) is 85.1 Å². The summed E-state index contributed by atoms with van der Waals surface area (Å²) in [4.78, 5) is 26.0. The number of benzene rings is 1. The van der Waals surface area contributed by atoms with Crippen LogP contribution < -0.4 is 5.32 Å². The maximum atomic E-state index is 12.0. The van der Waals surface area contributed by atoms with Gasteiger partial charge in [-0.15, -0.1) is 0 Å². The largest absolute Gasteiger partial charge is 0.315 e. The second-order valence-electron chi connectivity index (χ2n) is 3.72. The fraction of sp³-hybridized carbons (Fsp3) is 0. The Bertz CT molecular complexity index is 691. The number of hydrogen-bond acceptors (Lipinski definition) is 4. The lowest BCUT2D eigenvalue weighted by molar-refractivity contribution is -0.383. The van der Waals surface area contributed by atoms with Crippen LogP contribution in [0.5, 0.6) is 0 Å². The Morgan fingerprint density at radius 2 is 2.00 bits per heavy atom. The molecule has 0 saturated carbocycles. The third-order valence-electron chi connectivity index (χ3n) is 2.35. The van der Waals surface area contributed by atoms with Crippen molar-refractivity contribution in [2.75, 3.05) is 5.32 Å². The molecule has 0 fully saturated rings. The minimum absolute atomic E-state index is 0.00530. The van der Waals surface area contributed by atoms with Gasteiger partial charge in [0.1, 0.15) is 16.5 Å². The van der Waals surface area contributed by atoms with Crippen LogP contribution in [0, 0.1) is 10.1 Å². The van der Waals surface area contributed by atoms with Gasteiger partial charge in [-0.1, -0.05) is 29.3 Å². The number of carbonyl (C=O) groups excluding carboxylic acids is 1. The van der Waals surface area contributed by atoms with Gasteiger partial charge in [0.15, 0.2) is 0 Å². The van der Waals surface area contributed by atoms with E-state index in [4.69, 9.17) is 23.2 Å². The van der Waals surface area contributed by atoms with E-state index in [0.29, 0.717) is 0 Å². The SMILES string of the molecule is O=C(Nc1cc(Cl)ccc1[N+](=O)[O-])c1cccc(Cl)n1. The van der Waals surface area contributed by atoms with E-state index in [1.165, 1.54) is 30.3 Å². The maximum absolute atomic E-state index is 12.0. The highest BCUT2D eigenvalue weighted by Gasteiger charge is 2.17. The van der Waals surface area contributed by atoms with E-state index in [1.807, 2.05) is 0 Å². The van der Waals surface area contributed by atoms with E-state index in [1.54, 1.807) is 6.07 Å². The van der Waals surface area contributed by atoms with Crippen LogP contribution in [0.15, 0.2) is 36.4 Å². The van der Waals surface area contributed by atoms with E-state index >= 15 is 0 Å². The van der Waals surface area contributed by atoms with Crippen LogP contribution in [-0.4, -0.2) is 15.8 Å². The second-order valence-corrected chi connectivity index (χ2v) is 4.54. The molecule has 1 heterocycles. The minimum atomic E-state index is -0.614. The van der Waals surface area contributed by atoms with Crippen LogP contribution in [-0.2, 0) is 0 Å².